The second-order valence-electron chi connectivity index (χ2n) is 5.84. The maximum Gasteiger partial charge on any atom is 0.267 e. The van der Waals surface area contributed by atoms with Crippen molar-refractivity contribution in [3.05, 3.63) is 94.6 Å². The normalized spacial score (nSPS) is 10.7. The predicted molar refractivity (Wildman–Crippen MR) is 115 cm³/mol. The quantitative estimate of drug-likeness (QED) is 0.363. The Labute approximate surface area is 178 Å². The van der Waals surface area contributed by atoms with Crippen LogP contribution in [0.25, 0.3) is 0 Å². The number of hydrogen-bond donors (Lipinski definition) is 2. The van der Waals surface area contributed by atoms with Crippen molar-refractivity contribution in [3.63, 3.8) is 0 Å². The van der Waals surface area contributed by atoms with Crippen molar-refractivity contribution in [3.8, 4) is 17.6 Å². The van der Waals surface area contributed by atoms with Crippen LogP contribution in [0.15, 0.2) is 84.6 Å². The molecule has 7 heteroatoms. The summed E-state index contributed by atoms with van der Waals surface area (Å²) >= 11 is 11.8. The van der Waals surface area contributed by atoms with Gasteiger partial charge >= 0.3 is 0 Å². The first kappa shape index (κ1) is 20.3. The second kappa shape index (κ2) is 9.65. The van der Waals surface area contributed by atoms with E-state index in [4.69, 9.17) is 27.9 Å². The van der Waals surface area contributed by atoms with Crippen molar-refractivity contribution < 1.29 is 9.53 Å². The fourth-order valence-electron chi connectivity index (χ4n) is 2.32. The molecule has 0 radical (unpaired) electrons. The average molecular weight is 424 g/mol. The number of nitriles is 1. The highest BCUT2D eigenvalue weighted by molar-refractivity contribution is 6.42. The van der Waals surface area contributed by atoms with E-state index in [1.807, 2.05) is 36.4 Å². The highest BCUT2D eigenvalue weighted by atomic mass is 35.5. The van der Waals surface area contributed by atoms with E-state index in [1.54, 1.807) is 36.4 Å². The molecule has 0 bridgehead atoms. The van der Waals surface area contributed by atoms with Crippen molar-refractivity contribution in [2.45, 2.75) is 0 Å². The third kappa shape index (κ3) is 5.76. The summed E-state index contributed by atoms with van der Waals surface area (Å²) in [7, 11) is 0. The van der Waals surface area contributed by atoms with E-state index < -0.39 is 5.91 Å². The van der Waals surface area contributed by atoms with E-state index in [0.29, 0.717) is 27.2 Å². The molecule has 144 valence electrons. The molecule has 0 heterocycles. The summed E-state index contributed by atoms with van der Waals surface area (Å²) in [6, 6.07) is 23.1. The van der Waals surface area contributed by atoms with Crippen molar-refractivity contribution in [1.29, 1.82) is 5.26 Å². The fraction of sp³-hybridized carbons (Fsp3) is 0. The molecule has 3 aromatic carbocycles. The van der Waals surface area contributed by atoms with Gasteiger partial charge in [-0.2, -0.15) is 5.26 Å². The summed E-state index contributed by atoms with van der Waals surface area (Å²) in [5.41, 5.74) is 1.04. The predicted octanol–water partition coefficient (Wildman–Crippen LogP) is 6.24. The van der Waals surface area contributed by atoms with Crippen molar-refractivity contribution in [1.82, 2.24) is 0 Å². The number of rotatable bonds is 6. The van der Waals surface area contributed by atoms with Gasteiger partial charge in [-0.25, -0.2) is 0 Å². The summed E-state index contributed by atoms with van der Waals surface area (Å²) in [4.78, 5) is 12.3. The number of para-hydroxylation sites is 1. The molecule has 29 heavy (non-hydrogen) atoms. The molecule has 0 aromatic heterocycles. The van der Waals surface area contributed by atoms with Crippen molar-refractivity contribution in [2.24, 2.45) is 0 Å². The van der Waals surface area contributed by atoms with E-state index in [0.717, 1.165) is 5.75 Å². The molecule has 1 amide bonds. The lowest BCUT2D eigenvalue weighted by atomic mass is 10.2. The Bertz CT molecular complexity index is 1080. The Hall–Kier alpha value is -3.46. The summed E-state index contributed by atoms with van der Waals surface area (Å²) in [6.07, 6.45) is 1.33. The summed E-state index contributed by atoms with van der Waals surface area (Å²) < 4.78 is 5.72. The van der Waals surface area contributed by atoms with Crippen molar-refractivity contribution >= 4 is 40.5 Å². The maximum absolute atomic E-state index is 12.3. The fourth-order valence-corrected chi connectivity index (χ4v) is 2.62. The van der Waals surface area contributed by atoms with Gasteiger partial charge in [0, 0.05) is 17.6 Å². The van der Waals surface area contributed by atoms with Crippen LogP contribution < -0.4 is 15.4 Å². The Balaban J connectivity index is 1.63. The third-order valence-electron chi connectivity index (χ3n) is 3.76. The van der Waals surface area contributed by atoms with Gasteiger partial charge in [0.15, 0.2) is 0 Å². The third-order valence-corrected chi connectivity index (χ3v) is 4.50. The number of benzene rings is 3. The van der Waals surface area contributed by atoms with Crippen molar-refractivity contribution in [2.75, 3.05) is 10.6 Å². The molecule has 0 aliphatic heterocycles. The lowest BCUT2D eigenvalue weighted by molar-refractivity contribution is -0.112. The molecular formula is C22H15Cl2N3O2. The molecule has 0 saturated carbocycles. The lowest BCUT2D eigenvalue weighted by Crippen LogP contribution is -2.14. The minimum absolute atomic E-state index is 0.0966. The standard InChI is InChI=1S/C22H15Cl2N3O2/c23-20-11-8-17(12-21(20)24)27-22(28)15(13-25)14-26-16-6-9-19(10-7-16)29-18-4-2-1-3-5-18/h1-12,14,26H,(H,27,28)/b15-14-. The first-order chi connectivity index (χ1) is 14.0. The topological polar surface area (TPSA) is 74.1 Å². The Morgan fingerprint density at radius 1 is 0.897 bits per heavy atom. The molecular weight excluding hydrogens is 409 g/mol. The number of carbonyl (C=O) groups is 1. The van der Waals surface area contributed by atoms with E-state index in [-0.39, 0.29) is 5.57 Å². The van der Waals surface area contributed by atoms with Gasteiger partial charge in [-0.1, -0.05) is 41.4 Å². The summed E-state index contributed by atoms with van der Waals surface area (Å²) in [5, 5.41) is 15.5. The van der Waals surface area contributed by atoms with Crippen LogP contribution in [0.5, 0.6) is 11.5 Å². The van der Waals surface area contributed by atoms with E-state index in [2.05, 4.69) is 10.6 Å². The first-order valence-corrected chi connectivity index (χ1v) is 9.27. The molecule has 5 nitrogen and oxygen atoms in total. The minimum atomic E-state index is -0.567. The molecule has 0 spiro atoms. The number of ether oxygens (including phenoxy) is 1. The van der Waals surface area contributed by atoms with Gasteiger partial charge < -0.3 is 15.4 Å². The Morgan fingerprint density at radius 2 is 1.55 bits per heavy atom. The van der Waals surface area contributed by atoms with Gasteiger partial charge in [0.2, 0.25) is 0 Å². The molecule has 0 unspecified atom stereocenters. The molecule has 0 fully saturated rings. The Morgan fingerprint density at radius 3 is 2.21 bits per heavy atom. The monoisotopic (exact) mass is 423 g/mol. The highest BCUT2D eigenvalue weighted by Gasteiger charge is 2.10. The molecule has 0 aliphatic carbocycles. The van der Waals surface area contributed by atoms with Gasteiger partial charge in [0.05, 0.1) is 10.0 Å². The smallest absolute Gasteiger partial charge is 0.267 e. The molecule has 0 saturated heterocycles. The van der Waals surface area contributed by atoms with Crippen LogP contribution in [-0.4, -0.2) is 5.91 Å². The zero-order valence-corrected chi connectivity index (χ0v) is 16.5. The number of halogens is 2. The number of nitrogens with zero attached hydrogens (tertiary/aromatic N) is 1. The minimum Gasteiger partial charge on any atom is -0.457 e. The van der Waals surface area contributed by atoms with Gasteiger partial charge in [-0.05, 0) is 54.6 Å². The molecule has 2 N–H and O–H groups in total. The highest BCUT2D eigenvalue weighted by Crippen LogP contribution is 2.25. The van der Waals surface area contributed by atoms with E-state index in [9.17, 15) is 10.1 Å². The molecule has 0 aliphatic rings. The van der Waals surface area contributed by atoms with E-state index in [1.165, 1.54) is 12.3 Å². The summed E-state index contributed by atoms with van der Waals surface area (Å²) in [6.45, 7) is 0. The molecule has 3 aromatic rings. The van der Waals surface area contributed by atoms with Crippen LogP contribution in [-0.2, 0) is 4.79 Å². The first-order valence-electron chi connectivity index (χ1n) is 8.51. The molecule has 0 atom stereocenters. The number of hydrogen-bond acceptors (Lipinski definition) is 4. The Kier molecular flexibility index (Phi) is 6.75. The van der Waals surface area contributed by atoms with Gasteiger partial charge in [-0.3, -0.25) is 4.79 Å². The van der Waals surface area contributed by atoms with Crippen LogP contribution >= 0.6 is 23.2 Å². The number of carbonyl (C=O) groups excluding carboxylic acids is 1. The molecule has 3 rings (SSSR count). The summed E-state index contributed by atoms with van der Waals surface area (Å²) in [5.74, 6) is 0.838. The number of anilines is 2. The van der Waals surface area contributed by atoms with Crippen LogP contribution in [0.4, 0.5) is 11.4 Å². The van der Waals surface area contributed by atoms with E-state index >= 15 is 0 Å². The SMILES string of the molecule is N#C/C(=C/Nc1ccc(Oc2ccccc2)cc1)C(=O)Nc1ccc(Cl)c(Cl)c1. The second-order valence-corrected chi connectivity index (χ2v) is 6.65. The average Bonchev–Trinajstić information content (AvgIpc) is 2.73. The van der Waals surface area contributed by atoms with Crippen LogP contribution in [0.2, 0.25) is 10.0 Å². The number of amides is 1. The largest absolute Gasteiger partial charge is 0.457 e. The zero-order chi connectivity index (χ0) is 20.6. The van der Waals surface area contributed by atoms with Gasteiger partial charge in [0.25, 0.3) is 5.91 Å². The van der Waals surface area contributed by atoms with Crippen LogP contribution in [0, 0.1) is 11.3 Å². The lowest BCUT2D eigenvalue weighted by Gasteiger charge is -2.08. The zero-order valence-electron chi connectivity index (χ0n) is 15.0. The van der Waals surface area contributed by atoms with Crippen LogP contribution in [0.3, 0.4) is 0 Å². The van der Waals surface area contributed by atoms with Crippen LogP contribution in [0.1, 0.15) is 0 Å². The van der Waals surface area contributed by atoms with Gasteiger partial charge in [0.1, 0.15) is 23.1 Å². The maximum atomic E-state index is 12.3. The van der Waals surface area contributed by atoms with Gasteiger partial charge in [-0.15, -0.1) is 0 Å². The number of nitrogens with one attached hydrogen (secondary N) is 2.